The normalized spacial score (nSPS) is 12.0. The Bertz CT molecular complexity index is 1660. The molecule has 0 bridgehead atoms. The number of ether oxygens (including phenoxy) is 1. The van der Waals surface area contributed by atoms with Gasteiger partial charge in [-0.25, -0.2) is 0 Å². The van der Waals surface area contributed by atoms with Gasteiger partial charge in [0.2, 0.25) is 11.8 Å². The Labute approximate surface area is 306 Å². The SMILES string of the molecule is CNCCOc1ccc(C(=O)NCc2cccc(C(=O)N[C@@H](CC(C)(C)C)C(=O)Nc3ccc(CCNC(=O)CC(C)(C)CC(=O)O)cc3)c2)cc1. The summed E-state index contributed by atoms with van der Waals surface area (Å²) in [6.45, 7) is 11.3. The first-order valence-corrected chi connectivity index (χ1v) is 17.5. The van der Waals surface area contributed by atoms with E-state index in [9.17, 15) is 24.0 Å². The standard InChI is InChI=1S/C40H53N5O7/c1-39(2,3)23-33(38(51)44-31-14-10-27(11-15-31)18-19-42-34(46)24-40(4,5)25-35(47)48)45-37(50)30-9-7-8-28(22-30)26-43-36(49)29-12-16-32(17-13-29)52-21-20-41-6/h7-17,22,33,41H,18-21,23-26H2,1-6H3,(H,42,46)(H,43,49)(H,44,51)(H,45,50)(H,47,48)/t33-/m0/s1. The minimum atomic E-state index is -0.938. The van der Waals surface area contributed by atoms with Gasteiger partial charge in [0.05, 0.1) is 6.42 Å². The van der Waals surface area contributed by atoms with E-state index in [0.717, 1.165) is 11.1 Å². The van der Waals surface area contributed by atoms with Crippen molar-refractivity contribution >= 4 is 35.3 Å². The number of likely N-dealkylation sites (N-methyl/N-ethyl adjacent to an activating group) is 1. The summed E-state index contributed by atoms with van der Waals surface area (Å²) >= 11 is 0. The van der Waals surface area contributed by atoms with Gasteiger partial charge in [0.1, 0.15) is 18.4 Å². The summed E-state index contributed by atoms with van der Waals surface area (Å²) in [5.41, 5.74) is 2.18. The van der Waals surface area contributed by atoms with Crippen LogP contribution in [0.25, 0.3) is 0 Å². The van der Waals surface area contributed by atoms with Gasteiger partial charge < -0.3 is 36.4 Å². The summed E-state index contributed by atoms with van der Waals surface area (Å²) in [6, 6.07) is 20.2. The lowest BCUT2D eigenvalue weighted by molar-refractivity contribution is -0.139. The second kappa shape index (κ2) is 19.4. The van der Waals surface area contributed by atoms with Crippen LogP contribution in [0.1, 0.15) is 85.7 Å². The molecular weight excluding hydrogens is 662 g/mol. The van der Waals surface area contributed by atoms with Crippen molar-refractivity contribution in [3.63, 3.8) is 0 Å². The maximum absolute atomic E-state index is 13.5. The lowest BCUT2D eigenvalue weighted by atomic mass is 9.85. The van der Waals surface area contributed by atoms with E-state index < -0.39 is 23.3 Å². The second-order valence-electron chi connectivity index (χ2n) is 14.8. The van der Waals surface area contributed by atoms with Crippen LogP contribution in [-0.2, 0) is 27.3 Å². The number of aliphatic carboxylic acids is 1. The highest BCUT2D eigenvalue weighted by atomic mass is 16.5. The summed E-state index contributed by atoms with van der Waals surface area (Å²) < 4.78 is 5.60. The number of amides is 4. The third kappa shape index (κ3) is 14.9. The predicted octanol–water partition coefficient (Wildman–Crippen LogP) is 4.94. The molecular formula is C40H53N5O7. The van der Waals surface area contributed by atoms with Crippen LogP contribution in [0, 0.1) is 10.8 Å². The highest BCUT2D eigenvalue weighted by molar-refractivity contribution is 6.01. The molecule has 3 aromatic rings. The topological polar surface area (TPSA) is 175 Å². The Hall–Kier alpha value is -5.23. The highest BCUT2D eigenvalue weighted by Gasteiger charge is 2.28. The molecule has 12 heteroatoms. The molecule has 0 spiro atoms. The van der Waals surface area contributed by atoms with Crippen LogP contribution in [0.5, 0.6) is 5.75 Å². The molecule has 0 unspecified atom stereocenters. The van der Waals surface area contributed by atoms with Crippen LogP contribution in [0.4, 0.5) is 5.69 Å². The predicted molar refractivity (Wildman–Crippen MR) is 201 cm³/mol. The van der Waals surface area contributed by atoms with Crippen molar-refractivity contribution in [3.8, 4) is 5.75 Å². The van der Waals surface area contributed by atoms with Crippen molar-refractivity contribution in [1.29, 1.82) is 0 Å². The van der Waals surface area contributed by atoms with E-state index in [0.29, 0.717) is 55.1 Å². The van der Waals surface area contributed by atoms with Crippen LogP contribution < -0.4 is 31.3 Å². The molecule has 0 aliphatic carbocycles. The summed E-state index contributed by atoms with van der Waals surface area (Å²) in [5, 5.41) is 23.6. The van der Waals surface area contributed by atoms with Gasteiger partial charge in [0, 0.05) is 42.9 Å². The molecule has 0 aliphatic heterocycles. The zero-order valence-electron chi connectivity index (χ0n) is 31.1. The lowest BCUT2D eigenvalue weighted by Gasteiger charge is -2.26. The van der Waals surface area contributed by atoms with Gasteiger partial charge in [0.15, 0.2) is 0 Å². The van der Waals surface area contributed by atoms with Gasteiger partial charge in [-0.3, -0.25) is 24.0 Å². The zero-order chi connectivity index (χ0) is 38.3. The molecule has 0 fully saturated rings. The first-order valence-electron chi connectivity index (χ1n) is 17.5. The number of carbonyl (C=O) groups excluding carboxylic acids is 4. The third-order valence-electron chi connectivity index (χ3n) is 8.04. The molecule has 12 nitrogen and oxygen atoms in total. The number of nitrogens with one attached hydrogen (secondary N) is 5. The Morgan fingerprint density at radius 2 is 1.46 bits per heavy atom. The van der Waals surface area contributed by atoms with Gasteiger partial charge >= 0.3 is 5.97 Å². The number of anilines is 1. The average Bonchev–Trinajstić information content (AvgIpc) is 3.06. The van der Waals surface area contributed by atoms with Crippen molar-refractivity contribution in [2.24, 2.45) is 10.8 Å². The van der Waals surface area contributed by atoms with Crippen LogP contribution in [-0.4, -0.2) is 67.5 Å². The fourth-order valence-electron chi connectivity index (χ4n) is 5.44. The van der Waals surface area contributed by atoms with E-state index in [2.05, 4.69) is 26.6 Å². The smallest absolute Gasteiger partial charge is 0.303 e. The molecule has 0 saturated heterocycles. The molecule has 0 aromatic heterocycles. The highest BCUT2D eigenvalue weighted by Crippen LogP contribution is 2.25. The van der Waals surface area contributed by atoms with Gasteiger partial charge in [-0.1, -0.05) is 58.9 Å². The first-order chi connectivity index (χ1) is 24.5. The van der Waals surface area contributed by atoms with Gasteiger partial charge in [-0.05, 0) is 90.4 Å². The number of benzene rings is 3. The van der Waals surface area contributed by atoms with Crippen molar-refractivity contribution in [1.82, 2.24) is 21.3 Å². The summed E-state index contributed by atoms with van der Waals surface area (Å²) in [5.74, 6) is -1.48. The lowest BCUT2D eigenvalue weighted by Crippen LogP contribution is -2.45. The summed E-state index contributed by atoms with van der Waals surface area (Å²) in [7, 11) is 1.85. The Balaban J connectivity index is 1.55. The number of carbonyl (C=O) groups is 5. The molecule has 3 aromatic carbocycles. The Morgan fingerprint density at radius 3 is 2.10 bits per heavy atom. The molecule has 0 heterocycles. The van der Waals surface area contributed by atoms with Crippen LogP contribution in [0.3, 0.4) is 0 Å². The van der Waals surface area contributed by atoms with E-state index >= 15 is 0 Å². The van der Waals surface area contributed by atoms with E-state index in [1.165, 1.54) is 0 Å². The van der Waals surface area contributed by atoms with E-state index in [1.54, 1.807) is 68.4 Å². The van der Waals surface area contributed by atoms with Crippen molar-refractivity contribution in [2.45, 2.75) is 72.9 Å². The number of carboxylic acid groups (broad SMARTS) is 1. The molecule has 280 valence electrons. The van der Waals surface area contributed by atoms with Crippen molar-refractivity contribution < 1.29 is 33.8 Å². The fraction of sp³-hybridized carbons (Fsp3) is 0.425. The van der Waals surface area contributed by atoms with Gasteiger partial charge in [-0.15, -0.1) is 0 Å². The molecule has 3 rings (SSSR count). The van der Waals surface area contributed by atoms with Crippen LogP contribution in [0.2, 0.25) is 0 Å². The van der Waals surface area contributed by atoms with Gasteiger partial charge in [0.25, 0.3) is 11.8 Å². The maximum Gasteiger partial charge on any atom is 0.303 e. The summed E-state index contributed by atoms with van der Waals surface area (Å²) in [4.78, 5) is 62.9. The van der Waals surface area contributed by atoms with Crippen LogP contribution in [0.15, 0.2) is 72.8 Å². The number of rotatable bonds is 19. The van der Waals surface area contributed by atoms with Crippen LogP contribution >= 0.6 is 0 Å². The van der Waals surface area contributed by atoms with Gasteiger partial charge in [-0.2, -0.15) is 0 Å². The minimum absolute atomic E-state index is 0.0897. The molecule has 52 heavy (non-hydrogen) atoms. The Morgan fingerprint density at radius 1 is 0.769 bits per heavy atom. The quantitative estimate of drug-likeness (QED) is 0.0947. The monoisotopic (exact) mass is 715 g/mol. The third-order valence-corrected chi connectivity index (χ3v) is 8.04. The molecule has 4 amide bonds. The van der Waals surface area contributed by atoms with E-state index in [1.807, 2.05) is 46.0 Å². The zero-order valence-corrected chi connectivity index (χ0v) is 31.1. The molecule has 1 atom stereocenters. The number of hydrogen-bond acceptors (Lipinski definition) is 7. The first kappa shape index (κ1) is 41.2. The fourth-order valence-corrected chi connectivity index (χ4v) is 5.44. The van der Waals surface area contributed by atoms with E-state index in [-0.39, 0.29) is 42.5 Å². The number of carboxylic acids is 1. The molecule has 6 N–H and O–H groups in total. The molecule has 0 aliphatic rings. The average molecular weight is 716 g/mol. The largest absolute Gasteiger partial charge is 0.492 e. The van der Waals surface area contributed by atoms with Crippen molar-refractivity contribution in [3.05, 3.63) is 95.1 Å². The van der Waals surface area contributed by atoms with E-state index in [4.69, 9.17) is 9.84 Å². The maximum atomic E-state index is 13.5. The molecule has 0 saturated carbocycles. The number of hydrogen-bond donors (Lipinski definition) is 6. The summed E-state index contributed by atoms with van der Waals surface area (Å²) in [6.07, 6.45) is 0.976. The Kier molecular flexibility index (Phi) is 15.4. The van der Waals surface area contributed by atoms with Crippen molar-refractivity contribution in [2.75, 3.05) is 32.1 Å². The molecule has 0 radical (unpaired) electrons. The second-order valence-corrected chi connectivity index (χ2v) is 14.8. The minimum Gasteiger partial charge on any atom is -0.492 e.